The number of halogens is 2. The van der Waals surface area contributed by atoms with Gasteiger partial charge in [0, 0.05) is 10.6 Å². The second-order valence-electron chi connectivity index (χ2n) is 5.11. The predicted octanol–water partition coefficient (Wildman–Crippen LogP) is 2.99. The predicted molar refractivity (Wildman–Crippen MR) is 107 cm³/mol. The van der Waals surface area contributed by atoms with Crippen LogP contribution in [0.2, 0.25) is 5.02 Å². The van der Waals surface area contributed by atoms with Crippen LogP contribution in [0.4, 0.5) is 0 Å². The second kappa shape index (κ2) is 9.51. The zero-order chi connectivity index (χ0) is 19.1. The number of nitrogens with one attached hydrogen (secondary N) is 3. The van der Waals surface area contributed by atoms with Gasteiger partial charge in [0.25, 0.3) is 5.91 Å². The largest absolute Gasteiger partial charge is 0.496 e. The number of hydrazine groups is 1. The normalized spacial score (nSPS) is 9.96. The van der Waals surface area contributed by atoms with Crippen LogP contribution in [0.1, 0.15) is 15.9 Å². The van der Waals surface area contributed by atoms with Gasteiger partial charge in [0.2, 0.25) is 5.91 Å². The molecule has 0 heterocycles. The number of amides is 2. The second-order valence-corrected chi connectivity index (χ2v) is 6.81. The van der Waals surface area contributed by atoms with Crippen LogP contribution in [-0.2, 0) is 11.2 Å². The van der Waals surface area contributed by atoms with Crippen LogP contribution >= 0.6 is 39.7 Å². The highest BCUT2D eigenvalue weighted by Crippen LogP contribution is 2.25. The number of rotatable bonds is 4. The van der Waals surface area contributed by atoms with Crippen LogP contribution in [0.25, 0.3) is 0 Å². The lowest BCUT2D eigenvalue weighted by Crippen LogP contribution is -2.48. The van der Waals surface area contributed by atoms with Crippen molar-refractivity contribution in [2.75, 3.05) is 7.11 Å². The minimum absolute atomic E-state index is 0.00936. The van der Waals surface area contributed by atoms with Crippen molar-refractivity contribution >= 4 is 56.7 Å². The lowest BCUT2D eigenvalue weighted by molar-refractivity contribution is -0.119. The highest BCUT2D eigenvalue weighted by molar-refractivity contribution is 9.10. The van der Waals surface area contributed by atoms with E-state index in [0.29, 0.717) is 20.8 Å². The van der Waals surface area contributed by atoms with E-state index in [1.165, 1.54) is 7.11 Å². The zero-order valence-corrected chi connectivity index (χ0v) is 16.8. The molecule has 0 aliphatic rings. The van der Waals surface area contributed by atoms with Crippen LogP contribution in [0.15, 0.2) is 46.9 Å². The molecular formula is C17H15BrClN3O3S. The maximum Gasteiger partial charge on any atom is 0.269 e. The SMILES string of the molecule is COc1ccc(C(=O)NNC(=S)NC(=O)Cc2ccc(Cl)cc2)cc1Br. The van der Waals surface area contributed by atoms with Gasteiger partial charge in [-0.15, -0.1) is 0 Å². The minimum Gasteiger partial charge on any atom is -0.496 e. The van der Waals surface area contributed by atoms with Gasteiger partial charge in [-0.05, 0) is 64.0 Å². The van der Waals surface area contributed by atoms with E-state index in [1.54, 1.807) is 42.5 Å². The van der Waals surface area contributed by atoms with Gasteiger partial charge in [-0.3, -0.25) is 20.4 Å². The highest BCUT2D eigenvalue weighted by atomic mass is 79.9. The number of thiocarbonyl (C=S) groups is 1. The molecule has 0 aromatic heterocycles. The van der Waals surface area contributed by atoms with Crippen molar-refractivity contribution in [1.29, 1.82) is 0 Å². The number of carbonyl (C=O) groups is 2. The Hall–Kier alpha value is -2.16. The summed E-state index contributed by atoms with van der Waals surface area (Å²) in [5.74, 6) is -0.117. The van der Waals surface area contributed by atoms with Crippen molar-refractivity contribution in [3.8, 4) is 5.75 Å². The average molecular weight is 457 g/mol. The third-order valence-electron chi connectivity index (χ3n) is 3.23. The first-order chi connectivity index (χ1) is 12.4. The van der Waals surface area contributed by atoms with Crippen LogP contribution < -0.4 is 20.9 Å². The summed E-state index contributed by atoms with van der Waals surface area (Å²) in [5.41, 5.74) is 6.09. The van der Waals surface area contributed by atoms with Crippen molar-refractivity contribution in [3.05, 3.63) is 63.1 Å². The first kappa shape index (κ1) is 20.2. The molecule has 2 aromatic carbocycles. The summed E-state index contributed by atoms with van der Waals surface area (Å²) in [5, 5.41) is 3.07. The fraction of sp³-hybridized carbons (Fsp3) is 0.118. The molecule has 6 nitrogen and oxygen atoms in total. The molecule has 0 aliphatic heterocycles. The summed E-state index contributed by atoms with van der Waals surface area (Å²) < 4.78 is 5.75. The Balaban J connectivity index is 1.82. The maximum absolute atomic E-state index is 12.1. The van der Waals surface area contributed by atoms with Crippen molar-refractivity contribution in [3.63, 3.8) is 0 Å². The van der Waals surface area contributed by atoms with Gasteiger partial charge in [0.15, 0.2) is 5.11 Å². The fourth-order valence-corrected chi connectivity index (χ4v) is 2.81. The molecule has 3 N–H and O–H groups in total. The van der Waals surface area contributed by atoms with E-state index in [-0.39, 0.29) is 17.4 Å². The first-order valence-corrected chi connectivity index (χ1v) is 8.95. The molecule has 0 fully saturated rings. The van der Waals surface area contributed by atoms with Crippen LogP contribution in [0.3, 0.4) is 0 Å². The van der Waals surface area contributed by atoms with Gasteiger partial charge in [-0.2, -0.15) is 0 Å². The van der Waals surface area contributed by atoms with E-state index < -0.39 is 5.91 Å². The lowest BCUT2D eigenvalue weighted by Gasteiger charge is -2.11. The van der Waals surface area contributed by atoms with Gasteiger partial charge >= 0.3 is 0 Å². The van der Waals surface area contributed by atoms with Crippen LogP contribution in [0, 0.1) is 0 Å². The molecule has 136 valence electrons. The Kier molecular flexibility index (Phi) is 7.38. The summed E-state index contributed by atoms with van der Waals surface area (Å²) in [4.78, 5) is 24.0. The molecule has 0 spiro atoms. The number of hydrogen-bond donors (Lipinski definition) is 3. The molecule has 0 aliphatic carbocycles. The Morgan fingerprint density at radius 2 is 1.85 bits per heavy atom. The molecule has 2 amide bonds. The van der Waals surface area contributed by atoms with Crippen molar-refractivity contribution < 1.29 is 14.3 Å². The molecule has 0 radical (unpaired) electrons. The van der Waals surface area contributed by atoms with Gasteiger partial charge < -0.3 is 10.1 Å². The standard InChI is InChI=1S/C17H15BrClN3O3S/c1-25-14-7-4-11(9-13(14)18)16(24)21-22-17(26)20-15(23)8-10-2-5-12(19)6-3-10/h2-7,9H,8H2,1H3,(H,21,24)(H2,20,22,23,26). The Morgan fingerprint density at radius 3 is 2.46 bits per heavy atom. The topological polar surface area (TPSA) is 79.5 Å². The number of ether oxygens (including phenoxy) is 1. The zero-order valence-electron chi connectivity index (χ0n) is 13.6. The van der Waals surface area contributed by atoms with Gasteiger partial charge in [0.1, 0.15) is 5.75 Å². The molecule has 2 aromatic rings. The molecule has 0 bridgehead atoms. The lowest BCUT2D eigenvalue weighted by atomic mass is 10.1. The Morgan fingerprint density at radius 1 is 1.15 bits per heavy atom. The van der Waals surface area contributed by atoms with Crippen molar-refractivity contribution in [1.82, 2.24) is 16.2 Å². The Bertz CT molecular complexity index is 831. The first-order valence-electron chi connectivity index (χ1n) is 7.37. The molecule has 0 saturated carbocycles. The average Bonchev–Trinajstić information content (AvgIpc) is 2.61. The summed E-state index contributed by atoms with van der Waals surface area (Å²) in [6.07, 6.45) is 0.137. The van der Waals surface area contributed by atoms with Crippen molar-refractivity contribution in [2.45, 2.75) is 6.42 Å². The van der Waals surface area contributed by atoms with E-state index in [9.17, 15) is 9.59 Å². The molecular weight excluding hydrogens is 442 g/mol. The minimum atomic E-state index is -0.414. The van der Waals surface area contributed by atoms with Crippen LogP contribution in [0.5, 0.6) is 5.75 Å². The summed E-state index contributed by atoms with van der Waals surface area (Å²) in [6, 6.07) is 11.8. The highest BCUT2D eigenvalue weighted by Gasteiger charge is 2.10. The molecule has 26 heavy (non-hydrogen) atoms. The number of carbonyl (C=O) groups excluding carboxylic acids is 2. The van der Waals surface area contributed by atoms with Crippen LogP contribution in [-0.4, -0.2) is 24.0 Å². The molecule has 0 unspecified atom stereocenters. The number of benzene rings is 2. The van der Waals surface area contributed by atoms with E-state index in [0.717, 1.165) is 5.56 Å². The quantitative estimate of drug-likeness (QED) is 0.487. The maximum atomic E-state index is 12.1. The summed E-state index contributed by atoms with van der Waals surface area (Å²) >= 11 is 14.1. The van der Waals surface area contributed by atoms with Crippen molar-refractivity contribution in [2.24, 2.45) is 0 Å². The Labute approximate surface area is 169 Å². The molecule has 2 rings (SSSR count). The van der Waals surface area contributed by atoms with E-state index in [1.807, 2.05) is 0 Å². The third kappa shape index (κ3) is 5.98. The molecule has 0 atom stereocenters. The number of hydrogen-bond acceptors (Lipinski definition) is 4. The number of methoxy groups -OCH3 is 1. The van der Waals surface area contributed by atoms with E-state index in [2.05, 4.69) is 32.1 Å². The summed E-state index contributed by atoms with van der Waals surface area (Å²) in [7, 11) is 1.53. The molecule has 9 heteroatoms. The third-order valence-corrected chi connectivity index (χ3v) is 4.31. The molecule has 0 saturated heterocycles. The fourth-order valence-electron chi connectivity index (χ4n) is 1.98. The summed E-state index contributed by atoms with van der Waals surface area (Å²) in [6.45, 7) is 0. The monoisotopic (exact) mass is 455 g/mol. The van der Waals surface area contributed by atoms with E-state index in [4.69, 9.17) is 28.6 Å². The smallest absolute Gasteiger partial charge is 0.269 e. The van der Waals surface area contributed by atoms with E-state index >= 15 is 0 Å². The van der Waals surface area contributed by atoms with Gasteiger partial charge in [-0.1, -0.05) is 23.7 Å². The van der Waals surface area contributed by atoms with Gasteiger partial charge in [-0.25, -0.2) is 0 Å². The van der Waals surface area contributed by atoms with Gasteiger partial charge in [0.05, 0.1) is 18.0 Å².